The molecule has 0 saturated heterocycles. The first-order valence-corrected chi connectivity index (χ1v) is 12.9. The van der Waals surface area contributed by atoms with E-state index in [0.29, 0.717) is 35.8 Å². The molecule has 3 aromatic heterocycles. The molecule has 194 valence electrons. The van der Waals surface area contributed by atoms with E-state index in [1.807, 2.05) is 67.8 Å². The van der Waals surface area contributed by atoms with E-state index in [1.165, 1.54) is 11.0 Å². The highest BCUT2D eigenvalue weighted by atomic mass is 16.5. The van der Waals surface area contributed by atoms with Crippen LogP contribution in [-0.4, -0.2) is 41.5 Å². The number of aliphatic hydroxyl groups is 1. The summed E-state index contributed by atoms with van der Waals surface area (Å²) in [5.41, 5.74) is 2.40. The van der Waals surface area contributed by atoms with Crippen LogP contribution in [0.25, 0.3) is 22.6 Å². The molecule has 1 fully saturated rings. The highest BCUT2D eigenvalue weighted by Crippen LogP contribution is 2.30. The van der Waals surface area contributed by atoms with Crippen molar-refractivity contribution in [1.29, 1.82) is 0 Å². The molecule has 37 heavy (non-hydrogen) atoms. The van der Waals surface area contributed by atoms with Gasteiger partial charge in [0.15, 0.2) is 11.2 Å². The van der Waals surface area contributed by atoms with Gasteiger partial charge in [-0.05, 0) is 58.1 Å². The number of imidazole rings is 1. The number of aliphatic hydroxyl groups excluding tert-OH is 1. The van der Waals surface area contributed by atoms with Crippen LogP contribution in [0, 0.1) is 6.92 Å². The van der Waals surface area contributed by atoms with Crippen molar-refractivity contribution in [3.05, 3.63) is 74.6 Å². The molecule has 1 N–H and O–H groups in total. The van der Waals surface area contributed by atoms with Crippen LogP contribution in [0.4, 0.5) is 0 Å². The smallest absolute Gasteiger partial charge is 0.332 e. The van der Waals surface area contributed by atoms with Crippen LogP contribution >= 0.6 is 0 Å². The third-order valence-electron chi connectivity index (χ3n) is 6.94. The maximum atomic E-state index is 13.8. The minimum absolute atomic E-state index is 0.111. The predicted octanol–water partition coefficient (Wildman–Crippen LogP) is 3.67. The lowest BCUT2D eigenvalue weighted by molar-refractivity contribution is 0.114. The average Bonchev–Trinajstić information content (AvgIpc) is 3.20. The highest BCUT2D eigenvalue weighted by molar-refractivity contribution is 5.78. The van der Waals surface area contributed by atoms with E-state index in [2.05, 4.69) is 0 Å². The molecule has 9 nitrogen and oxygen atoms in total. The number of aromatic nitrogens is 5. The third-order valence-corrected chi connectivity index (χ3v) is 6.94. The summed E-state index contributed by atoms with van der Waals surface area (Å²) in [5, 5.41) is 9.37. The molecular weight excluding hydrogens is 470 g/mol. The fourth-order valence-electron chi connectivity index (χ4n) is 4.77. The van der Waals surface area contributed by atoms with Crippen molar-refractivity contribution in [3.63, 3.8) is 0 Å². The van der Waals surface area contributed by atoms with E-state index in [1.54, 1.807) is 4.57 Å². The number of benzene rings is 1. The Kier molecular flexibility index (Phi) is 6.97. The molecule has 0 unspecified atom stereocenters. The Morgan fingerprint density at radius 3 is 2.43 bits per heavy atom. The van der Waals surface area contributed by atoms with Crippen LogP contribution in [0.15, 0.2) is 52.1 Å². The van der Waals surface area contributed by atoms with Crippen molar-refractivity contribution in [2.24, 2.45) is 0 Å². The molecule has 0 atom stereocenters. The lowest BCUT2D eigenvalue weighted by Crippen LogP contribution is -2.41. The van der Waals surface area contributed by atoms with Crippen molar-refractivity contribution in [3.8, 4) is 17.3 Å². The van der Waals surface area contributed by atoms with Crippen molar-refractivity contribution in [1.82, 2.24) is 23.7 Å². The van der Waals surface area contributed by atoms with Gasteiger partial charge in [-0.1, -0.05) is 30.3 Å². The van der Waals surface area contributed by atoms with E-state index >= 15 is 0 Å². The number of fused-ring (bicyclic) bond motifs is 1. The van der Waals surface area contributed by atoms with Crippen LogP contribution in [0.5, 0.6) is 5.88 Å². The van der Waals surface area contributed by atoms with Gasteiger partial charge in [-0.25, -0.2) is 14.8 Å². The molecule has 1 saturated carbocycles. The number of aryl methyl sites for hydroxylation is 1. The van der Waals surface area contributed by atoms with E-state index in [4.69, 9.17) is 14.7 Å². The van der Waals surface area contributed by atoms with Crippen LogP contribution in [-0.2, 0) is 13.1 Å². The first-order valence-electron chi connectivity index (χ1n) is 12.9. The minimum atomic E-state index is -0.420. The fraction of sp³-hybridized carbons (Fsp3) is 0.429. The van der Waals surface area contributed by atoms with Gasteiger partial charge in [0.2, 0.25) is 5.88 Å². The number of rotatable bonds is 9. The third kappa shape index (κ3) is 4.71. The second-order valence-corrected chi connectivity index (χ2v) is 9.91. The Labute approximate surface area is 215 Å². The zero-order valence-electron chi connectivity index (χ0n) is 21.6. The number of ether oxygens (including phenoxy) is 1. The normalized spacial score (nSPS) is 13.9. The van der Waals surface area contributed by atoms with Gasteiger partial charge in [-0.2, -0.15) is 0 Å². The molecule has 0 radical (unpaired) electrons. The molecule has 0 bridgehead atoms. The number of hydrogen-bond donors (Lipinski definition) is 1. The van der Waals surface area contributed by atoms with E-state index < -0.39 is 11.2 Å². The maximum absolute atomic E-state index is 13.8. The molecule has 3 heterocycles. The van der Waals surface area contributed by atoms with E-state index in [9.17, 15) is 14.7 Å². The Bertz CT molecular complexity index is 1530. The second kappa shape index (κ2) is 10.3. The molecule has 4 aromatic rings. The van der Waals surface area contributed by atoms with Crippen molar-refractivity contribution < 1.29 is 9.84 Å². The van der Waals surface area contributed by atoms with Gasteiger partial charge in [0.25, 0.3) is 5.56 Å². The summed E-state index contributed by atoms with van der Waals surface area (Å²) >= 11 is 0. The van der Waals surface area contributed by atoms with Crippen LogP contribution in [0.2, 0.25) is 0 Å². The minimum Gasteiger partial charge on any atom is -0.474 e. The Balaban J connectivity index is 1.75. The Hall–Kier alpha value is -3.72. The quantitative estimate of drug-likeness (QED) is 0.374. The summed E-state index contributed by atoms with van der Waals surface area (Å²) < 4.78 is 10.7. The number of nitrogens with zero attached hydrogens (tertiary/aromatic N) is 5. The largest absolute Gasteiger partial charge is 0.474 e. The average molecular weight is 504 g/mol. The van der Waals surface area contributed by atoms with Crippen LogP contribution < -0.4 is 16.0 Å². The topological polar surface area (TPSA) is 104 Å². The Morgan fingerprint density at radius 1 is 1.05 bits per heavy atom. The van der Waals surface area contributed by atoms with Crippen molar-refractivity contribution >= 4 is 11.2 Å². The number of hydrogen-bond acceptors (Lipinski definition) is 6. The van der Waals surface area contributed by atoms with Gasteiger partial charge in [0.1, 0.15) is 11.9 Å². The summed E-state index contributed by atoms with van der Waals surface area (Å²) in [6.07, 6.45) is 3.80. The van der Waals surface area contributed by atoms with Crippen molar-refractivity contribution in [2.45, 2.75) is 71.7 Å². The molecule has 9 heteroatoms. The van der Waals surface area contributed by atoms with Gasteiger partial charge >= 0.3 is 5.69 Å². The standard InChI is InChI=1S/C28H33N5O4/c1-18(2)33-26-24(27(35)31(28(33)36)15-8-16-34)32(17-20-9-5-4-6-10-20)25(30-26)22-13-14-23(29-19(22)3)37-21-11-7-12-21/h4-6,9-10,13-14,18,21,34H,7-8,11-12,15-17H2,1-3H3. The van der Waals surface area contributed by atoms with Gasteiger partial charge in [-0.15, -0.1) is 0 Å². The molecule has 1 aliphatic rings. The highest BCUT2D eigenvalue weighted by Gasteiger charge is 2.25. The zero-order chi connectivity index (χ0) is 26.1. The molecule has 1 aromatic carbocycles. The second-order valence-electron chi connectivity index (χ2n) is 9.91. The summed E-state index contributed by atoms with van der Waals surface area (Å²) in [7, 11) is 0. The van der Waals surface area contributed by atoms with Crippen LogP contribution in [0.3, 0.4) is 0 Å². The summed E-state index contributed by atoms with van der Waals surface area (Å²) in [5.74, 6) is 1.16. The molecule has 0 aliphatic heterocycles. The molecule has 0 amide bonds. The molecular formula is C28H33N5O4. The van der Waals surface area contributed by atoms with Crippen LogP contribution in [0.1, 0.15) is 56.8 Å². The van der Waals surface area contributed by atoms with Gasteiger partial charge in [0, 0.05) is 37.4 Å². The predicted molar refractivity (Wildman–Crippen MR) is 142 cm³/mol. The van der Waals surface area contributed by atoms with Crippen molar-refractivity contribution in [2.75, 3.05) is 6.61 Å². The van der Waals surface area contributed by atoms with Gasteiger partial charge in [-0.3, -0.25) is 13.9 Å². The summed E-state index contributed by atoms with van der Waals surface area (Å²) in [4.78, 5) is 36.7. The lowest BCUT2D eigenvalue weighted by atomic mass is 9.96. The van der Waals surface area contributed by atoms with Gasteiger partial charge < -0.3 is 14.4 Å². The first-order chi connectivity index (χ1) is 17.9. The SMILES string of the molecule is Cc1nc(OC2CCC2)ccc1-c1nc2c(c(=O)n(CCCO)c(=O)n2C(C)C)n1Cc1ccccc1. The Morgan fingerprint density at radius 2 is 1.81 bits per heavy atom. The van der Waals surface area contributed by atoms with Gasteiger partial charge in [0.05, 0.1) is 5.69 Å². The lowest BCUT2D eigenvalue weighted by Gasteiger charge is -2.25. The maximum Gasteiger partial charge on any atom is 0.332 e. The van der Waals surface area contributed by atoms with E-state index in [0.717, 1.165) is 29.7 Å². The fourth-order valence-corrected chi connectivity index (χ4v) is 4.77. The molecule has 5 rings (SSSR count). The monoisotopic (exact) mass is 503 g/mol. The number of pyridine rings is 1. The first kappa shape index (κ1) is 25.0. The molecule has 0 spiro atoms. The molecule has 1 aliphatic carbocycles. The summed E-state index contributed by atoms with van der Waals surface area (Å²) in [6, 6.07) is 13.4. The zero-order valence-corrected chi connectivity index (χ0v) is 21.6. The summed E-state index contributed by atoms with van der Waals surface area (Å²) in [6.45, 7) is 6.13. The van der Waals surface area contributed by atoms with E-state index in [-0.39, 0.29) is 25.3 Å².